The number of methoxy groups -OCH3 is 1. The van der Waals surface area contributed by atoms with E-state index >= 15 is 0 Å². The highest BCUT2D eigenvalue weighted by atomic mass is 16.5. The molecule has 0 aliphatic heterocycles. The summed E-state index contributed by atoms with van der Waals surface area (Å²) in [6.07, 6.45) is 3.92. The first-order chi connectivity index (χ1) is 8.31. The van der Waals surface area contributed by atoms with Gasteiger partial charge >= 0.3 is 0 Å². The van der Waals surface area contributed by atoms with Gasteiger partial charge in [-0.1, -0.05) is 24.3 Å². The summed E-state index contributed by atoms with van der Waals surface area (Å²) in [6.45, 7) is 1.01. The average molecular weight is 235 g/mol. The molecule has 17 heavy (non-hydrogen) atoms. The van der Waals surface area contributed by atoms with Crippen LogP contribution in [-0.4, -0.2) is 24.4 Å². The third-order valence-corrected chi connectivity index (χ3v) is 3.52. The van der Waals surface area contributed by atoms with Crippen LogP contribution in [-0.2, 0) is 17.9 Å². The fraction of sp³-hybridized carbons (Fsp3) is 0.571. The van der Waals surface area contributed by atoms with Crippen LogP contribution in [0.2, 0.25) is 0 Å². The monoisotopic (exact) mass is 235 g/mol. The molecule has 2 unspecified atom stereocenters. The van der Waals surface area contributed by atoms with Gasteiger partial charge in [-0.3, -0.25) is 0 Å². The number of hydrogen-bond donors (Lipinski definition) is 2. The lowest BCUT2D eigenvalue weighted by atomic mass is 10.1. The molecule has 0 radical (unpaired) electrons. The standard InChI is InChI=1S/C14H21NO2/c1-17-14-7-6-13(8-14)15-9-11-2-4-12(10-16)5-3-11/h2-5,13-16H,6-10H2,1H3. The Morgan fingerprint density at radius 1 is 1.24 bits per heavy atom. The molecule has 2 atom stereocenters. The Balaban J connectivity index is 1.78. The quantitative estimate of drug-likeness (QED) is 0.818. The van der Waals surface area contributed by atoms with Crippen molar-refractivity contribution >= 4 is 0 Å². The number of benzene rings is 1. The van der Waals surface area contributed by atoms with E-state index in [1.54, 1.807) is 7.11 Å². The topological polar surface area (TPSA) is 41.5 Å². The van der Waals surface area contributed by atoms with Gasteiger partial charge in [0, 0.05) is 19.7 Å². The van der Waals surface area contributed by atoms with Gasteiger partial charge in [0.1, 0.15) is 0 Å². The van der Waals surface area contributed by atoms with E-state index in [0.29, 0.717) is 12.1 Å². The molecule has 3 heteroatoms. The lowest BCUT2D eigenvalue weighted by Crippen LogP contribution is -2.26. The van der Waals surface area contributed by atoms with Crippen molar-refractivity contribution in [1.29, 1.82) is 0 Å². The van der Waals surface area contributed by atoms with Crippen LogP contribution in [0.25, 0.3) is 0 Å². The van der Waals surface area contributed by atoms with Crippen LogP contribution in [0.5, 0.6) is 0 Å². The normalized spacial score (nSPS) is 24.1. The maximum Gasteiger partial charge on any atom is 0.0681 e. The van der Waals surface area contributed by atoms with Gasteiger partial charge in [0.25, 0.3) is 0 Å². The van der Waals surface area contributed by atoms with E-state index in [9.17, 15) is 0 Å². The summed E-state index contributed by atoms with van der Waals surface area (Å²) in [5, 5.41) is 12.5. The minimum absolute atomic E-state index is 0.117. The Bertz CT molecular complexity index is 337. The predicted octanol–water partition coefficient (Wildman–Crippen LogP) is 1.84. The molecule has 1 aliphatic rings. The molecular formula is C14H21NO2. The highest BCUT2D eigenvalue weighted by Crippen LogP contribution is 2.21. The molecule has 94 valence electrons. The molecule has 0 saturated heterocycles. The Hall–Kier alpha value is -0.900. The second-order valence-electron chi connectivity index (χ2n) is 4.72. The Labute approximate surface area is 103 Å². The minimum Gasteiger partial charge on any atom is -0.392 e. The first-order valence-corrected chi connectivity index (χ1v) is 6.26. The summed E-state index contributed by atoms with van der Waals surface area (Å²) in [6, 6.07) is 8.67. The molecule has 0 spiro atoms. The zero-order valence-electron chi connectivity index (χ0n) is 10.4. The van der Waals surface area contributed by atoms with Crippen molar-refractivity contribution in [1.82, 2.24) is 5.32 Å². The maximum absolute atomic E-state index is 8.96. The maximum atomic E-state index is 8.96. The molecule has 1 fully saturated rings. The molecule has 1 aromatic rings. The third-order valence-electron chi connectivity index (χ3n) is 3.52. The molecular weight excluding hydrogens is 214 g/mol. The minimum atomic E-state index is 0.117. The van der Waals surface area contributed by atoms with Crippen LogP contribution in [0.1, 0.15) is 30.4 Å². The zero-order valence-corrected chi connectivity index (χ0v) is 10.4. The fourth-order valence-corrected chi connectivity index (χ4v) is 2.36. The summed E-state index contributed by atoms with van der Waals surface area (Å²) in [7, 11) is 1.79. The fourth-order valence-electron chi connectivity index (χ4n) is 2.36. The number of aliphatic hydroxyl groups excluding tert-OH is 1. The van der Waals surface area contributed by atoms with Crippen molar-refractivity contribution in [2.24, 2.45) is 0 Å². The molecule has 2 N–H and O–H groups in total. The van der Waals surface area contributed by atoms with E-state index in [0.717, 1.165) is 24.9 Å². The lowest BCUT2D eigenvalue weighted by Gasteiger charge is -2.13. The third kappa shape index (κ3) is 3.53. The molecule has 1 saturated carbocycles. The summed E-state index contributed by atoms with van der Waals surface area (Å²) < 4.78 is 5.36. The molecule has 1 aromatic carbocycles. The van der Waals surface area contributed by atoms with Crippen LogP contribution >= 0.6 is 0 Å². The molecule has 2 rings (SSSR count). The number of nitrogens with one attached hydrogen (secondary N) is 1. The predicted molar refractivity (Wildman–Crippen MR) is 67.6 cm³/mol. The van der Waals surface area contributed by atoms with E-state index in [4.69, 9.17) is 9.84 Å². The van der Waals surface area contributed by atoms with Gasteiger partial charge in [-0.05, 0) is 30.4 Å². The van der Waals surface area contributed by atoms with E-state index in [1.165, 1.54) is 12.0 Å². The van der Waals surface area contributed by atoms with Crippen molar-refractivity contribution in [3.63, 3.8) is 0 Å². The van der Waals surface area contributed by atoms with Gasteiger partial charge in [0.15, 0.2) is 0 Å². The molecule has 0 bridgehead atoms. The Morgan fingerprint density at radius 2 is 1.94 bits per heavy atom. The second kappa shape index (κ2) is 6.15. The SMILES string of the molecule is COC1CCC(NCc2ccc(CO)cc2)C1. The van der Waals surface area contributed by atoms with Gasteiger partial charge in [0.05, 0.1) is 12.7 Å². The van der Waals surface area contributed by atoms with Gasteiger partial charge < -0.3 is 15.2 Å². The second-order valence-corrected chi connectivity index (χ2v) is 4.72. The van der Waals surface area contributed by atoms with Crippen molar-refractivity contribution in [3.05, 3.63) is 35.4 Å². The Kier molecular flexibility index (Phi) is 4.54. The van der Waals surface area contributed by atoms with Crippen molar-refractivity contribution < 1.29 is 9.84 Å². The number of hydrogen-bond acceptors (Lipinski definition) is 3. The Morgan fingerprint density at radius 3 is 2.53 bits per heavy atom. The van der Waals surface area contributed by atoms with Gasteiger partial charge in [0.2, 0.25) is 0 Å². The van der Waals surface area contributed by atoms with E-state index in [-0.39, 0.29) is 6.61 Å². The molecule has 3 nitrogen and oxygen atoms in total. The van der Waals surface area contributed by atoms with Crippen LogP contribution in [0.4, 0.5) is 0 Å². The van der Waals surface area contributed by atoms with Crippen LogP contribution < -0.4 is 5.32 Å². The van der Waals surface area contributed by atoms with Gasteiger partial charge in [-0.15, -0.1) is 0 Å². The van der Waals surface area contributed by atoms with E-state index < -0.39 is 0 Å². The lowest BCUT2D eigenvalue weighted by molar-refractivity contribution is 0.107. The number of aliphatic hydroxyl groups is 1. The average Bonchev–Trinajstić information content (AvgIpc) is 2.85. The zero-order chi connectivity index (χ0) is 12.1. The van der Waals surface area contributed by atoms with Crippen LogP contribution in [0.3, 0.4) is 0 Å². The summed E-state index contributed by atoms with van der Waals surface area (Å²) in [5.74, 6) is 0. The van der Waals surface area contributed by atoms with E-state index in [1.807, 2.05) is 12.1 Å². The van der Waals surface area contributed by atoms with Gasteiger partial charge in [-0.2, -0.15) is 0 Å². The van der Waals surface area contributed by atoms with Crippen molar-refractivity contribution in [2.75, 3.05) is 7.11 Å². The van der Waals surface area contributed by atoms with Crippen LogP contribution in [0, 0.1) is 0 Å². The summed E-state index contributed by atoms with van der Waals surface area (Å²) >= 11 is 0. The first kappa shape index (κ1) is 12.6. The summed E-state index contributed by atoms with van der Waals surface area (Å²) in [4.78, 5) is 0. The number of ether oxygens (including phenoxy) is 1. The smallest absolute Gasteiger partial charge is 0.0681 e. The largest absolute Gasteiger partial charge is 0.392 e. The van der Waals surface area contributed by atoms with E-state index in [2.05, 4.69) is 17.4 Å². The van der Waals surface area contributed by atoms with Gasteiger partial charge in [-0.25, -0.2) is 0 Å². The first-order valence-electron chi connectivity index (χ1n) is 6.26. The number of rotatable bonds is 5. The van der Waals surface area contributed by atoms with Crippen molar-refractivity contribution in [3.8, 4) is 0 Å². The van der Waals surface area contributed by atoms with Crippen molar-refractivity contribution in [2.45, 2.75) is 44.6 Å². The molecule has 0 amide bonds. The molecule has 0 heterocycles. The highest BCUT2D eigenvalue weighted by molar-refractivity contribution is 5.21. The highest BCUT2D eigenvalue weighted by Gasteiger charge is 2.23. The van der Waals surface area contributed by atoms with Crippen LogP contribution in [0.15, 0.2) is 24.3 Å². The molecule has 1 aliphatic carbocycles. The summed E-state index contributed by atoms with van der Waals surface area (Å²) in [5.41, 5.74) is 2.23. The molecule has 0 aromatic heterocycles.